The Balaban J connectivity index is 2.98. The summed E-state index contributed by atoms with van der Waals surface area (Å²) in [7, 11) is 0. The highest BCUT2D eigenvalue weighted by Gasteiger charge is 2.05. The molecule has 0 spiro atoms. The molecule has 1 rings (SSSR count). The summed E-state index contributed by atoms with van der Waals surface area (Å²) in [6.07, 6.45) is 0.773. The van der Waals surface area contributed by atoms with Gasteiger partial charge in [-0.3, -0.25) is 4.79 Å². The van der Waals surface area contributed by atoms with E-state index < -0.39 is 0 Å². The van der Waals surface area contributed by atoms with Crippen LogP contribution in [0, 0.1) is 6.92 Å². The van der Waals surface area contributed by atoms with Crippen molar-refractivity contribution in [1.29, 1.82) is 0 Å². The number of hydrogen-bond donors (Lipinski definition) is 1. The second kappa shape index (κ2) is 4.91. The fourth-order valence-electron chi connectivity index (χ4n) is 1.24. The first kappa shape index (κ1) is 10.9. The van der Waals surface area contributed by atoms with Crippen molar-refractivity contribution in [2.45, 2.75) is 33.8 Å². The van der Waals surface area contributed by atoms with E-state index in [0.717, 1.165) is 12.1 Å². The largest absolute Gasteiger partial charge is 0.374 e. The zero-order chi connectivity index (χ0) is 10.6. The molecule has 1 aromatic heterocycles. The molecule has 0 radical (unpaired) electrons. The van der Waals surface area contributed by atoms with Crippen molar-refractivity contribution >= 4 is 0 Å². The highest BCUT2D eigenvalue weighted by Crippen LogP contribution is 2.00. The highest BCUT2D eigenvalue weighted by molar-refractivity contribution is 5.15. The lowest BCUT2D eigenvalue weighted by Crippen LogP contribution is -2.18. The molecule has 14 heavy (non-hydrogen) atoms. The summed E-state index contributed by atoms with van der Waals surface area (Å²) in [5.41, 5.74) is 1.49. The van der Waals surface area contributed by atoms with Crippen LogP contribution < -0.4 is 5.56 Å². The Morgan fingerprint density at radius 2 is 2.14 bits per heavy atom. The zero-order valence-electron chi connectivity index (χ0n) is 8.89. The van der Waals surface area contributed by atoms with Crippen LogP contribution in [0.25, 0.3) is 0 Å². The van der Waals surface area contributed by atoms with Crippen LogP contribution in [0.3, 0.4) is 0 Å². The molecular formula is C10H16N2O2. The number of rotatable bonds is 4. The molecule has 0 unspecified atom stereocenters. The van der Waals surface area contributed by atoms with Gasteiger partial charge < -0.3 is 9.72 Å². The molecule has 1 N–H and O–H groups in total. The van der Waals surface area contributed by atoms with E-state index in [1.54, 1.807) is 6.92 Å². The van der Waals surface area contributed by atoms with Gasteiger partial charge in [0, 0.05) is 12.2 Å². The zero-order valence-corrected chi connectivity index (χ0v) is 8.89. The molecule has 0 aliphatic heterocycles. The summed E-state index contributed by atoms with van der Waals surface area (Å²) in [5, 5.41) is 0. The maximum atomic E-state index is 11.4. The lowest BCUT2D eigenvalue weighted by atomic mass is 10.2. The fourth-order valence-corrected chi connectivity index (χ4v) is 1.24. The van der Waals surface area contributed by atoms with Gasteiger partial charge in [0.15, 0.2) is 0 Å². The van der Waals surface area contributed by atoms with Crippen LogP contribution in [0.2, 0.25) is 0 Å². The van der Waals surface area contributed by atoms with Crippen molar-refractivity contribution in [1.82, 2.24) is 9.97 Å². The van der Waals surface area contributed by atoms with Gasteiger partial charge in [-0.2, -0.15) is 0 Å². The molecule has 0 saturated heterocycles. The van der Waals surface area contributed by atoms with Crippen molar-refractivity contribution in [3.63, 3.8) is 0 Å². The first-order valence-electron chi connectivity index (χ1n) is 4.85. The molecule has 1 heterocycles. The van der Waals surface area contributed by atoms with E-state index in [1.165, 1.54) is 0 Å². The molecule has 4 heteroatoms. The Hall–Kier alpha value is -1.16. The third-order valence-corrected chi connectivity index (χ3v) is 2.08. The maximum absolute atomic E-state index is 11.4. The van der Waals surface area contributed by atoms with E-state index in [9.17, 15) is 4.79 Å². The predicted molar refractivity (Wildman–Crippen MR) is 54.3 cm³/mol. The predicted octanol–water partition coefficient (Wildman–Crippen LogP) is 1.18. The van der Waals surface area contributed by atoms with E-state index >= 15 is 0 Å². The van der Waals surface area contributed by atoms with Crippen LogP contribution in [0.5, 0.6) is 0 Å². The number of aromatic amines is 1. The Labute approximate surface area is 83.3 Å². The maximum Gasteiger partial charge on any atom is 0.254 e. The molecule has 0 aliphatic rings. The molecule has 0 aliphatic carbocycles. The van der Waals surface area contributed by atoms with Crippen LogP contribution in [0.15, 0.2) is 4.79 Å². The number of nitrogens with zero attached hydrogens (tertiary/aromatic N) is 1. The summed E-state index contributed by atoms with van der Waals surface area (Å²) < 4.78 is 5.18. The summed E-state index contributed by atoms with van der Waals surface area (Å²) in [6, 6.07) is 0. The van der Waals surface area contributed by atoms with E-state index in [4.69, 9.17) is 4.74 Å². The minimum atomic E-state index is -0.0634. The Kier molecular flexibility index (Phi) is 3.83. The molecular weight excluding hydrogens is 180 g/mol. The molecule has 1 aromatic rings. The molecule has 0 saturated carbocycles. The van der Waals surface area contributed by atoms with Crippen LogP contribution in [-0.4, -0.2) is 16.6 Å². The number of ether oxygens (including phenoxy) is 1. The first-order valence-corrected chi connectivity index (χ1v) is 4.85. The third-order valence-electron chi connectivity index (χ3n) is 2.08. The van der Waals surface area contributed by atoms with Gasteiger partial charge in [-0.05, 0) is 20.3 Å². The Morgan fingerprint density at radius 3 is 2.71 bits per heavy atom. The van der Waals surface area contributed by atoms with Crippen molar-refractivity contribution in [2.24, 2.45) is 0 Å². The summed E-state index contributed by atoms with van der Waals surface area (Å²) in [6.45, 7) is 6.68. The van der Waals surface area contributed by atoms with Crippen molar-refractivity contribution in [2.75, 3.05) is 6.61 Å². The minimum absolute atomic E-state index is 0.0634. The number of aromatic nitrogens is 2. The topological polar surface area (TPSA) is 55.0 Å². The van der Waals surface area contributed by atoms with Gasteiger partial charge in [0.2, 0.25) is 0 Å². The number of H-pyrrole nitrogens is 1. The third kappa shape index (κ3) is 2.42. The number of aryl methyl sites for hydroxylation is 1. The normalized spacial score (nSPS) is 10.5. The SMILES string of the molecule is CCOCc1nc(CC)c(C)c(=O)[nH]1. The van der Waals surface area contributed by atoms with Crippen LogP contribution >= 0.6 is 0 Å². The van der Waals surface area contributed by atoms with Gasteiger partial charge in [-0.15, -0.1) is 0 Å². The van der Waals surface area contributed by atoms with E-state index in [2.05, 4.69) is 9.97 Å². The van der Waals surface area contributed by atoms with E-state index in [-0.39, 0.29) is 5.56 Å². The quantitative estimate of drug-likeness (QED) is 0.786. The second-order valence-corrected chi connectivity index (χ2v) is 3.08. The van der Waals surface area contributed by atoms with Crippen molar-refractivity contribution in [3.05, 3.63) is 27.4 Å². The molecule has 0 fully saturated rings. The van der Waals surface area contributed by atoms with Gasteiger partial charge >= 0.3 is 0 Å². The number of hydrogen-bond acceptors (Lipinski definition) is 3. The smallest absolute Gasteiger partial charge is 0.254 e. The molecule has 0 atom stereocenters. The highest BCUT2D eigenvalue weighted by atomic mass is 16.5. The van der Waals surface area contributed by atoms with Gasteiger partial charge in [-0.1, -0.05) is 6.92 Å². The molecule has 0 amide bonds. The average molecular weight is 196 g/mol. The van der Waals surface area contributed by atoms with E-state index in [0.29, 0.717) is 24.6 Å². The Morgan fingerprint density at radius 1 is 1.43 bits per heavy atom. The summed E-state index contributed by atoms with van der Waals surface area (Å²) in [5.74, 6) is 0.610. The van der Waals surface area contributed by atoms with Gasteiger partial charge in [0.1, 0.15) is 12.4 Å². The van der Waals surface area contributed by atoms with Crippen molar-refractivity contribution < 1.29 is 4.74 Å². The summed E-state index contributed by atoms with van der Waals surface area (Å²) in [4.78, 5) is 18.4. The van der Waals surface area contributed by atoms with Gasteiger partial charge in [0.25, 0.3) is 5.56 Å². The fraction of sp³-hybridized carbons (Fsp3) is 0.600. The van der Waals surface area contributed by atoms with Crippen LogP contribution in [0.4, 0.5) is 0 Å². The van der Waals surface area contributed by atoms with Gasteiger partial charge in [-0.25, -0.2) is 4.98 Å². The first-order chi connectivity index (χ1) is 6.69. The number of nitrogens with one attached hydrogen (secondary N) is 1. The molecule has 0 aromatic carbocycles. The van der Waals surface area contributed by atoms with E-state index in [1.807, 2.05) is 13.8 Å². The standard InChI is InChI=1S/C10H16N2O2/c1-4-8-7(3)10(13)12-9(11-8)6-14-5-2/h4-6H2,1-3H3,(H,11,12,13). The average Bonchev–Trinajstić information content (AvgIpc) is 2.19. The van der Waals surface area contributed by atoms with Gasteiger partial charge in [0.05, 0.1) is 5.69 Å². The Bertz CT molecular complexity index is 358. The van der Waals surface area contributed by atoms with Crippen molar-refractivity contribution in [3.8, 4) is 0 Å². The van der Waals surface area contributed by atoms with Crippen LogP contribution in [0.1, 0.15) is 30.9 Å². The molecule has 0 bridgehead atoms. The lowest BCUT2D eigenvalue weighted by Gasteiger charge is -2.05. The molecule has 4 nitrogen and oxygen atoms in total. The monoisotopic (exact) mass is 196 g/mol. The van der Waals surface area contributed by atoms with Crippen LogP contribution in [-0.2, 0) is 17.8 Å². The summed E-state index contributed by atoms with van der Waals surface area (Å²) >= 11 is 0. The molecule has 78 valence electrons. The lowest BCUT2D eigenvalue weighted by molar-refractivity contribution is 0.128. The minimum Gasteiger partial charge on any atom is -0.374 e. The second-order valence-electron chi connectivity index (χ2n) is 3.08.